The van der Waals surface area contributed by atoms with Gasteiger partial charge in [0.05, 0.1) is 18.2 Å². The van der Waals surface area contributed by atoms with Gasteiger partial charge in [-0.1, -0.05) is 24.3 Å². The molecule has 0 bridgehead atoms. The lowest BCUT2D eigenvalue weighted by atomic mass is 9.84. The van der Waals surface area contributed by atoms with Crippen LogP contribution >= 0.6 is 0 Å². The number of aliphatic hydroxyl groups is 1. The van der Waals surface area contributed by atoms with Crippen LogP contribution in [0.25, 0.3) is 0 Å². The third-order valence-corrected chi connectivity index (χ3v) is 3.70. The molecule has 1 aromatic rings. The number of rotatable bonds is 6. The lowest BCUT2D eigenvalue weighted by Gasteiger charge is -2.38. The average molecular weight is 264 g/mol. The third-order valence-electron chi connectivity index (χ3n) is 3.70. The van der Waals surface area contributed by atoms with Crippen molar-refractivity contribution in [3.05, 3.63) is 35.4 Å². The van der Waals surface area contributed by atoms with Crippen LogP contribution in [0.5, 0.6) is 0 Å². The molecule has 0 fully saturated rings. The molecule has 1 aromatic carbocycles. The van der Waals surface area contributed by atoms with Gasteiger partial charge in [0.1, 0.15) is 0 Å². The molecule has 4 nitrogen and oxygen atoms in total. The highest BCUT2D eigenvalue weighted by Crippen LogP contribution is 2.30. The van der Waals surface area contributed by atoms with Crippen molar-refractivity contribution in [2.45, 2.75) is 25.0 Å². The molecule has 0 radical (unpaired) electrons. The van der Waals surface area contributed by atoms with Crippen LogP contribution in [0, 0.1) is 0 Å². The molecule has 0 saturated heterocycles. The SMILES string of the molecule is COCCNCC(C)(O)C1NCCc2ccccc21. The highest BCUT2D eigenvalue weighted by Gasteiger charge is 2.35. The highest BCUT2D eigenvalue weighted by atomic mass is 16.5. The van der Waals surface area contributed by atoms with Crippen molar-refractivity contribution in [3.63, 3.8) is 0 Å². The monoisotopic (exact) mass is 264 g/mol. The second kappa shape index (κ2) is 6.48. The minimum absolute atomic E-state index is 0.0208. The summed E-state index contributed by atoms with van der Waals surface area (Å²) in [5, 5.41) is 17.4. The summed E-state index contributed by atoms with van der Waals surface area (Å²) < 4.78 is 5.00. The molecule has 19 heavy (non-hydrogen) atoms. The Morgan fingerprint density at radius 2 is 2.26 bits per heavy atom. The van der Waals surface area contributed by atoms with Crippen LogP contribution in [0.4, 0.5) is 0 Å². The van der Waals surface area contributed by atoms with E-state index < -0.39 is 5.60 Å². The van der Waals surface area contributed by atoms with Gasteiger partial charge in [-0.05, 0) is 31.0 Å². The molecule has 2 unspecified atom stereocenters. The summed E-state index contributed by atoms with van der Waals surface area (Å²) in [6.07, 6.45) is 1.03. The maximum atomic E-state index is 10.7. The Bertz CT molecular complexity index is 407. The third kappa shape index (κ3) is 3.54. The number of ether oxygens (including phenoxy) is 1. The van der Waals surface area contributed by atoms with Gasteiger partial charge in [-0.25, -0.2) is 0 Å². The second-order valence-electron chi connectivity index (χ2n) is 5.36. The van der Waals surface area contributed by atoms with Crippen LogP contribution < -0.4 is 10.6 Å². The summed E-state index contributed by atoms with van der Waals surface area (Å²) >= 11 is 0. The van der Waals surface area contributed by atoms with Gasteiger partial charge in [0.25, 0.3) is 0 Å². The molecule has 106 valence electrons. The second-order valence-corrected chi connectivity index (χ2v) is 5.36. The first-order valence-electron chi connectivity index (χ1n) is 6.88. The van der Waals surface area contributed by atoms with Gasteiger partial charge >= 0.3 is 0 Å². The van der Waals surface area contributed by atoms with E-state index in [1.165, 1.54) is 11.1 Å². The van der Waals surface area contributed by atoms with Crippen LogP contribution in [0.2, 0.25) is 0 Å². The van der Waals surface area contributed by atoms with E-state index in [-0.39, 0.29) is 6.04 Å². The maximum absolute atomic E-state index is 10.7. The van der Waals surface area contributed by atoms with E-state index in [1.807, 2.05) is 13.0 Å². The number of methoxy groups -OCH3 is 1. The number of nitrogens with one attached hydrogen (secondary N) is 2. The van der Waals surface area contributed by atoms with Crippen molar-refractivity contribution in [2.75, 3.05) is 33.4 Å². The van der Waals surface area contributed by atoms with E-state index in [4.69, 9.17) is 4.74 Å². The fraction of sp³-hybridized carbons (Fsp3) is 0.600. The molecule has 0 aromatic heterocycles. The molecule has 0 saturated carbocycles. The molecule has 1 aliphatic rings. The standard InChI is InChI=1S/C15H24N2O2/c1-15(18,11-16-9-10-19-2)14-13-6-4-3-5-12(13)7-8-17-14/h3-6,14,16-18H,7-11H2,1-2H3. The average Bonchev–Trinajstić information content (AvgIpc) is 2.43. The zero-order chi connectivity index (χ0) is 13.7. The summed E-state index contributed by atoms with van der Waals surface area (Å²) in [6, 6.07) is 8.33. The Morgan fingerprint density at radius 1 is 1.47 bits per heavy atom. The first-order chi connectivity index (χ1) is 9.15. The van der Waals surface area contributed by atoms with Crippen LogP contribution in [0.3, 0.4) is 0 Å². The molecule has 0 amide bonds. The molecule has 0 aliphatic carbocycles. The van der Waals surface area contributed by atoms with Gasteiger partial charge in [0.2, 0.25) is 0 Å². The van der Waals surface area contributed by atoms with E-state index in [0.29, 0.717) is 13.2 Å². The summed E-state index contributed by atoms with van der Waals surface area (Å²) in [4.78, 5) is 0. The molecule has 3 N–H and O–H groups in total. The van der Waals surface area contributed by atoms with Crippen molar-refractivity contribution in [3.8, 4) is 0 Å². The van der Waals surface area contributed by atoms with Crippen LogP contribution in [0.1, 0.15) is 24.1 Å². The van der Waals surface area contributed by atoms with Gasteiger partial charge in [0.15, 0.2) is 0 Å². The predicted molar refractivity (Wildman–Crippen MR) is 76.3 cm³/mol. The minimum Gasteiger partial charge on any atom is -0.387 e. The highest BCUT2D eigenvalue weighted by molar-refractivity contribution is 5.34. The van der Waals surface area contributed by atoms with Crippen molar-refractivity contribution in [1.82, 2.24) is 10.6 Å². The van der Waals surface area contributed by atoms with Gasteiger partial charge in [-0.2, -0.15) is 0 Å². The normalized spacial score (nSPS) is 21.7. The fourth-order valence-electron chi connectivity index (χ4n) is 2.68. The maximum Gasteiger partial charge on any atom is 0.0937 e. The zero-order valence-corrected chi connectivity index (χ0v) is 11.8. The lowest BCUT2D eigenvalue weighted by Crippen LogP contribution is -2.51. The smallest absolute Gasteiger partial charge is 0.0937 e. The van der Waals surface area contributed by atoms with Crippen molar-refractivity contribution in [2.24, 2.45) is 0 Å². The van der Waals surface area contributed by atoms with Gasteiger partial charge in [-0.3, -0.25) is 0 Å². The molecule has 0 spiro atoms. The fourth-order valence-corrected chi connectivity index (χ4v) is 2.68. The largest absolute Gasteiger partial charge is 0.387 e. The summed E-state index contributed by atoms with van der Waals surface area (Å²) in [7, 11) is 1.68. The first kappa shape index (κ1) is 14.5. The molecule has 4 heteroatoms. The Hall–Kier alpha value is -0.940. The summed E-state index contributed by atoms with van der Waals surface area (Å²) in [5.41, 5.74) is 1.74. The topological polar surface area (TPSA) is 53.5 Å². The molecule has 1 aliphatic heterocycles. The molecule has 2 rings (SSSR count). The summed E-state index contributed by atoms with van der Waals surface area (Å²) in [5.74, 6) is 0. The van der Waals surface area contributed by atoms with Crippen LogP contribution in [-0.2, 0) is 11.2 Å². The van der Waals surface area contributed by atoms with E-state index in [0.717, 1.165) is 19.5 Å². The number of benzene rings is 1. The summed E-state index contributed by atoms with van der Waals surface area (Å²) in [6.45, 7) is 4.75. The lowest BCUT2D eigenvalue weighted by molar-refractivity contribution is 0.0156. The van der Waals surface area contributed by atoms with E-state index in [9.17, 15) is 5.11 Å². The molecule has 1 heterocycles. The van der Waals surface area contributed by atoms with E-state index in [2.05, 4.69) is 28.8 Å². The van der Waals surface area contributed by atoms with Crippen molar-refractivity contribution < 1.29 is 9.84 Å². The number of hydrogen-bond acceptors (Lipinski definition) is 4. The first-order valence-corrected chi connectivity index (χ1v) is 6.88. The Morgan fingerprint density at radius 3 is 3.05 bits per heavy atom. The van der Waals surface area contributed by atoms with Gasteiger partial charge < -0.3 is 20.5 Å². The van der Waals surface area contributed by atoms with Crippen LogP contribution in [0.15, 0.2) is 24.3 Å². The number of fused-ring (bicyclic) bond motifs is 1. The zero-order valence-electron chi connectivity index (χ0n) is 11.8. The quantitative estimate of drug-likeness (QED) is 0.667. The molecular formula is C15H24N2O2. The number of hydrogen-bond donors (Lipinski definition) is 3. The van der Waals surface area contributed by atoms with Gasteiger partial charge in [-0.15, -0.1) is 0 Å². The predicted octanol–water partition coefficient (Wildman–Crippen LogP) is 0.860. The van der Waals surface area contributed by atoms with Crippen molar-refractivity contribution >= 4 is 0 Å². The molecule has 2 atom stereocenters. The Balaban J connectivity index is 2.04. The Kier molecular flexibility index (Phi) is 4.93. The minimum atomic E-state index is -0.815. The Labute approximate surface area is 115 Å². The van der Waals surface area contributed by atoms with Crippen LogP contribution in [-0.4, -0.2) is 44.1 Å². The van der Waals surface area contributed by atoms with E-state index >= 15 is 0 Å². The van der Waals surface area contributed by atoms with E-state index in [1.54, 1.807) is 7.11 Å². The van der Waals surface area contributed by atoms with Crippen molar-refractivity contribution in [1.29, 1.82) is 0 Å². The van der Waals surface area contributed by atoms with Gasteiger partial charge in [0, 0.05) is 20.2 Å². The molecular weight excluding hydrogens is 240 g/mol.